The van der Waals surface area contributed by atoms with Crippen molar-refractivity contribution in [2.45, 2.75) is 13.0 Å². The molecule has 2 bridgehead atoms. The van der Waals surface area contributed by atoms with E-state index in [-0.39, 0.29) is 11.9 Å². The first-order valence-electron chi connectivity index (χ1n) is 15.1. The third kappa shape index (κ3) is 5.62. The van der Waals surface area contributed by atoms with Crippen molar-refractivity contribution in [3.05, 3.63) is 78.9 Å². The molecular weight excluding hydrogens is 568 g/mol. The number of carbonyl (C=O) groups is 1. The number of ether oxygens (including phenoxy) is 2. The van der Waals surface area contributed by atoms with Gasteiger partial charge in [-0.1, -0.05) is 6.08 Å². The van der Waals surface area contributed by atoms with Crippen molar-refractivity contribution in [1.82, 2.24) is 29.3 Å². The Bertz CT molecular complexity index is 1930. The smallest absolute Gasteiger partial charge is 0.246 e. The van der Waals surface area contributed by atoms with Crippen molar-refractivity contribution in [3.8, 4) is 17.2 Å². The maximum absolute atomic E-state index is 13.0. The van der Waals surface area contributed by atoms with Crippen LogP contribution in [0.2, 0.25) is 0 Å². The van der Waals surface area contributed by atoms with Gasteiger partial charge >= 0.3 is 0 Å². The van der Waals surface area contributed by atoms with Gasteiger partial charge in [-0.25, -0.2) is 15.0 Å². The lowest BCUT2D eigenvalue weighted by atomic mass is 10.1. The summed E-state index contributed by atoms with van der Waals surface area (Å²) in [6.45, 7) is 5.18. The number of piperazine rings is 1. The normalized spacial score (nSPS) is 16.2. The van der Waals surface area contributed by atoms with Crippen LogP contribution in [0.5, 0.6) is 17.2 Å². The van der Waals surface area contributed by atoms with E-state index in [4.69, 9.17) is 9.47 Å². The summed E-state index contributed by atoms with van der Waals surface area (Å²) in [6.07, 6.45) is 6.94. The van der Waals surface area contributed by atoms with E-state index in [2.05, 4.69) is 31.2 Å². The number of carbonyl (C=O) groups excluding carboxylic acids is 1. The first-order chi connectivity index (χ1) is 21.8. The Morgan fingerprint density at radius 2 is 1.98 bits per heavy atom. The number of fused-ring (bicyclic) bond motifs is 7. The summed E-state index contributed by atoms with van der Waals surface area (Å²) < 4.78 is 14.7. The summed E-state index contributed by atoms with van der Waals surface area (Å²) in [7, 11) is 5.94. The van der Waals surface area contributed by atoms with Gasteiger partial charge in [0.1, 0.15) is 30.3 Å². The van der Waals surface area contributed by atoms with Gasteiger partial charge in [0, 0.05) is 51.1 Å². The lowest BCUT2D eigenvalue weighted by Crippen LogP contribution is -2.56. The van der Waals surface area contributed by atoms with E-state index < -0.39 is 0 Å². The lowest BCUT2D eigenvalue weighted by molar-refractivity contribution is -0.129. The van der Waals surface area contributed by atoms with E-state index >= 15 is 0 Å². The number of aromatic nitrogens is 4. The van der Waals surface area contributed by atoms with Crippen molar-refractivity contribution < 1.29 is 14.3 Å². The number of nitrogens with zero attached hydrogens (tertiary/aromatic N) is 7. The molecule has 0 spiro atoms. The molecule has 1 saturated heterocycles. The maximum Gasteiger partial charge on any atom is 0.246 e. The highest BCUT2D eigenvalue weighted by atomic mass is 16.5. The van der Waals surface area contributed by atoms with Gasteiger partial charge in [0.25, 0.3) is 0 Å². The third-order valence-corrected chi connectivity index (χ3v) is 8.36. The number of benzene rings is 3. The van der Waals surface area contributed by atoms with Crippen molar-refractivity contribution in [1.29, 1.82) is 0 Å². The van der Waals surface area contributed by atoms with Gasteiger partial charge in [0.2, 0.25) is 5.91 Å². The first kappa shape index (κ1) is 28.6. The SMILES string of the molecule is Cc1cc(Nc2ncnc3ccc4c(c23)OC[C@@H]2CN4CCN2C(=O)/C=C/CN(C)C)ccc1Oc1ccc2c(c1)ncn2C. The molecule has 0 radical (unpaired) electrons. The largest absolute Gasteiger partial charge is 0.488 e. The average molecular weight is 605 g/mol. The van der Waals surface area contributed by atoms with Crippen LogP contribution in [0.1, 0.15) is 5.56 Å². The number of rotatable bonds is 7. The third-order valence-electron chi connectivity index (χ3n) is 8.36. The fourth-order valence-corrected chi connectivity index (χ4v) is 6.03. The highest BCUT2D eigenvalue weighted by Gasteiger charge is 2.35. The van der Waals surface area contributed by atoms with Gasteiger partial charge < -0.3 is 34.1 Å². The minimum atomic E-state index is -0.0627. The van der Waals surface area contributed by atoms with Crippen LogP contribution in [0.3, 0.4) is 0 Å². The van der Waals surface area contributed by atoms with Gasteiger partial charge in [-0.05, 0) is 69.0 Å². The van der Waals surface area contributed by atoms with E-state index in [0.717, 1.165) is 69.2 Å². The van der Waals surface area contributed by atoms with Crippen LogP contribution in [0, 0.1) is 6.92 Å². The standard InChI is InChI=1S/C34H36N8O3/c1-22-16-23(7-12-30(22)45-25-8-10-28-27(17-25)37-21-40(28)4)38-34-32-26(35-20-36-34)9-11-29-33(32)44-19-24-18-41(29)14-15-42(24)31(43)6-5-13-39(2)3/h5-12,16-17,20-21,24H,13-15,18-19H2,1-4H3,(H,35,36,38)/b6-5+/t24-/m0/s1. The van der Waals surface area contributed by atoms with Crippen molar-refractivity contribution in [2.75, 3.05) is 57.1 Å². The van der Waals surface area contributed by atoms with Crippen LogP contribution in [0.25, 0.3) is 21.9 Å². The molecule has 2 aliphatic heterocycles. The zero-order valence-electron chi connectivity index (χ0n) is 25.9. The first-order valence-corrected chi connectivity index (χ1v) is 15.1. The molecule has 1 amide bonds. The van der Waals surface area contributed by atoms with Gasteiger partial charge in [-0.2, -0.15) is 0 Å². The van der Waals surface area contributed by atoms with Crippen molar-refractivity contribution >= 4 is 45.0 Å². The molecule has 11 nitrogen and oxygen atoms in total. The van der Waals surface area contributed by atoms with E-state index in [1.807, 2.05) is 91.0 Å². The molecule has 0 aliphatic carbocycles. The Labute approximate surface area is 261 Å². The van der Waals surface area contributed by atoms with Crippen LogP contribution in [-0.2, 0) is 11.8 Å². The molecule has 11 heteroatoms. The summed E-state index contributed by atoms with van der Waals surface area (Å²) in [6, 6.07) is 15.9. The molecule has 0 saturated carbocycles. The summed E-state index contributed by atoms with van der Waals surface area (Å²) in [5.41, 5.74) is 5.55. The zero-order valence-corrected chi connectivity index (χ0v) is 25.9. The molecule has 2 aromatic heterocycles. The number of hydrogen-bond acceptors (Lipinski definition) is 9. The maximum atomic E-state index is 13.0. The monoisotopic (exact) mass is 604 g/mol. The van der Waals surface area contributed by atoms with E-state index in [1.54, 1.807) is 18.7 Å². The second kappa shape index (κ2) is 11.7. The van der Waals surface area contributed by atoms with Gasteiger partial charge in [-0.15, -0.1) is 0 Å². The summed E-state index contributed by atoms with van der Waals surface area (Å²) in [5.74, 6) is 2.90. The second-order valence-electron chi connectivity index (χ2n) is 11.9. The molecular formula is C34H36N8O3. The predicted octanol–water partition coefficient (Wildman–Crippen LogP) is 4.89. The average Bonchev–Trinajstić information content (AvgIpc) is 3.33. The second-order valence-corrected chi connectivity index (χ2v) is 11.9. The Morgan fingerprint density at radius 3 is 2.82 bits per heavy atom. The predicted molar refractivity (Wildman–Crippen MR) is 176 cm³/mol. The summed E-state index contributed by atoms with van der Waals surface area (Å²) >= 11 is 0. The molecule has 2 aliphatic rings. The Hall–Kier alpha value is -5.16. The van der Waals surface area contributed by atoms with Crippen LogP contribution in [0.15, 0.2) is 73.3 Å². The highest BCUT2D eigenvalue weighted by molar-refractivity contribution is 6.00. The fourth-order valence-electron chi connectivity index (χ4n) is 6.03. The zero-order chi connectivity index (χ0) is 31.1. The summed E-state index contributed by atoms with van der Waals surface area (Å²) in [4.78, 5) is 32.9. The Morgan fingerprint density at radius 1 is 1.09 bits per heavy atom. The number of likely N-dealkylation sites (N-methyl/N-ethyl adjacent to an activating group) is 1. The van der Waals surface area contributed by atoms with Gasteiger partial charge in [0.15, 0.2) is 5.75 Å². The molecule has 45 heavy (non-hydrogen) atoms. The van der Waals surface area contributed by atoms with Crippen molar-refractivity contribution in [3.63, 3.8) is 0 Å². The van der Waals surface area contributed by atoms with Gasteiger partial charge in [0.05, 0.1) is 40.0 Å². The molecule has 5 aromatic rings. The quantitative estimate of drug-likeness (QED) is 0.260. The van der Waals surface area contributed by atoms with E-state index in [1.165, 1.54) is 0 Å². The number of aryl methyl sites for hydroxylation is 2. The Balaban J connectivity index is 1.13. The van der Waals surface area contributed by atoms with Crippen LogP contribution < -0.4 is 19.7 Å². The number of anilines is 3. The molecule has 0 unspecified atom stereocenters. The molecule has 230 valence electrons. The van der Waals surface area contributed by atoms with E-state index in [9.17, 15) is 4.79 Å². The Kier molecular flexibility index (Phi) is 7.46. The van der Waals surface area contributed by atoms with Crippen LogP contribution in [0.4, 0.5) is 17.2 Å². The number of amides is 1. The molecule has 4 heterocycles. The number of imidazole rings is 1. The number of hydrogen-bond donors (Lipinski definition) is 1. The van der Waals surface area contributed by atoms with E-state index in [0.29, 0.717) is 25.5 Å². The molecule has 7 rings (SSSR count). The van der Waals surface area contributed by atoms with Gasteiger partial charge in [-0.3, -0.25) is 4.79 Å². The molecule has 1 atom stereocenters. The van der Waals surface area contributed by atoms with Crippen LogP contribution in [-0.4, -0.2) is 88.1 Å². The molecule has 3 aromatic carbocycles. The van der Waals surface area contributed by atoms with Crippen molar-refractivity contribution in [2.24, 2.45) is 7.05 Å². The lowest BCUT2D eigenvalue weighted by Gasteiger charge is -2.39. The summed E-state index contributed by atoms with van der Waals surface area (Å²) in [5, 5.41) is 4.31. The molecule has 1 N–H and O–H groups in total. The minimum absolute atomic E-state index is 0.0201. The van der Waals surface area contributed by atoms with Crippen LogP contribution >= 0.6 is 0 Å². The topological polar surface area (TPSA) is 101 Å². The fraction of sp³-hybridized carbons (Fsp3) is 0.294. The number of nitrogens with one attached hydrogen (secondary N) is 1. The minimum Gasteiger partial charge on any atom is -0.488 e. The molecule has 1 fully saturated rings. The highest BCUT2D eigenvalue weighted by Crippen LogP contribution is 2.42.